The lowest BCUT2D eigenvalue weighted by atomic mass is 10.2. The van der Waals surface area contributed by atoms with Gasteiger partial charge in [-0.2, -0.15) is 0 Å². The Balaban J connectivity index is 2.16. The molecular weight excluding hydrogens is 158 g/mol. The summed E-state index contributed by atoms with van der Waals surface area (Å²) in [4.78, 5) is 18.4. The lowest BCUT2D eigenvalue weighted by Crippen LogP contribution is -2.19. The second-order valence-electron chi connectivity index (χ2n) is 2.43. The van der Waals surface area contributed by atoms with Crippen LogP contribution >= 0.6 is 0 Å². The van der Waals surface area contributed by atoms with Crippen LogP contribution in [0.3, 0.4) is 0 Å². The van der Waals surface area contributed by atoms with E-state index in [9.17, 15) is 4.79 Å². The molecule has 0 aliphatic carbocycles. The fourth-order valence-corrected chi connectivity index (χ4v) is 1.05. The minimum Gasteiger partial charge on any atom is -0.447 e. The summed E-state index contributed by atoms with van der Waals surface area (Å²) in [7, 11) is 0. The molecule has 62 valence electrons. The number of aromatic nitrogens is 2. The lowest BCUT2D eigenvalue weighted by molar-refractivity contribution is 0.177. The van der Waals surface area contributed by atoms with Crippen LogP contribution in [0.4, 0.5) is 4.79 Å². The molecule has 1 aromatic heterocycles. The number of carbonyl (C=O) groups is 1. The fraction of sp³-hybridized carbons (Fsp3) is 0.286. The Labute approximate surface area is 68.8 Å². The molecule has 5 heteroatoms. The van der Waals surface area contributed by atoms with E-state index in [0.29, 0.717) is 6.61 Å². The summed E-state index contributed by atoms with van der Waals surface area (Å²) >= 11 is 0. The summed E-state index contributed by atoms with van der Waals surface area (Å²) < 4.78 is 4.71. The molecule has 1 aliphatic rings. The van der Waals surface area contributed by atoms with E-state index in [1.807, 2.05) is 0 Å². The first kappa shape index (κ1) is 7.02. The van der Waals surface area contributed by atoms with Crippen molar-refractivity contribution in [2.75, 3.05) is 6.61 Å². The van der Waals surface area contributed by atoms with Gasteiger partial charge in [-0.15, -0.1) is 0 Å². The van der Waals surface area contributed by atoms with Gasteiger partial charge in [-0.3, -0.25) is 0 Å². The maximum absolute atomic E-state index is 10.7. The first-order chi connectivity index (χ1) is 5.86. The van der Waals surface area contributed by atoms with Gasteiger partial charge >= 0.3 is 6.09 Å². The third kappa shape index (κ3) is 1.20. The molecule has 1 aliphatic heterocycles. The summed E-state index contributed by atoms with van der Waals surface area (Å²) in [6, 6.07) is 1.63. The van der Waals surface area contributed by atoms with Crippen LogP contribution in [-0.2, 0) is 4.74 Å². The smallest absolute Gasteiger partial charge is 0.407 e. The van der Waals surface area contributed by atoms with Crippen molar-refractivity contribution in [1.82, 2.24) is 15.3 Å². The molecule has 12 heavy (non-hydrogen) atoms. The number of alkyl carbamates (subject to hydrolysis) is 1. The van der Waals surface area contributed by atoms with Crippen LogP contribution in [-0.4, -0.2) is 22.7 Å². The minimum absolute atomic E-state index is 0.125. The van der Waals surface area contributed by atoms with Crippen molar-refractivity contribution >= 4 is 6.09 Å². The van der Waals surface area contributed by atoms with Crippen molar-refractivity contribution in [3.63, 3.8) is 0 Å². The van der Waals surface area contributed by atoms with Crippen LogP contribution < -0.4 is 5.32 Å². The molecular formula is C7H7N3O2. The van der Waals surface area contributed by atoms with Crippen molar-refractivity contribution in [3.05, 3.63) is 24.3 Å². The molecule has 2 rings (SSSR count). The van der Waals surface area contributed by atoms with E-state index in [4.69, 9.17) is 4.74 Å². The molecule has 0 radical (unpaired) electrons. The third-order valence-electron chi connectivity index (χ3n) is 1.64. The molecule has 1 saturated heterocycles. The number of cyclic esters (lactones) is 1. The van der Waals surface area contributed by atoms with Gasteiger partial charge in [0.25, 0.3) is 0 Å². The third-order valence-corrected chi connectivity index (χ3v) is 1.64. The Morgan fingerprint density at radius 1 is 1.67 bits per heavy atom. The van der Waals surface area contributed by atoms with Gasteiger partial charge in [0, 0.05) is 6.20 Å². The predicted molar refractivity (Wildman–Crippen MR) is 39.3 cm³/mol. The molecule has 1 N–H and O–H groups in total. The van der Waals surface area contributed by atoms with Crippen molar-refractivity contribution in [3.8, 4) is 0 Å². The molecule has 2 heterocycles. The van der Waals surface area contributed by atoms with Crippen molar-refractivity contribution in [2.45, 2.75) is 6.04 Å². The highest BCUT2D eigenvalue weighted by molar-refractivity contribution is 5.69. The molecule has 0 bridgehead atoms. The van der Waals surface area contributed by atoms with Crippen LogP contribution in [0.25, 0.3) is 0 Å². The molecule has 0 aromatic carbocycles. The summed E-state index contributed by atoms with van der Waals surface area (Å²) in [6.45, 7) is 0.343. The van der Waals surface area contributed by atoms with Gasteiger partial charge in [0.2, 0.25) is 0 Å². The van der Waals surface area contributed by atoms with Crippen molar-refractivity contribution in [1.29, 1.82) is 0 Å². The largest absolute Gasteiger partial charge is 0.447 e. The van der Waals surface area contributed by atoms with Crippen molar-refractivity contribution < 1.29 is 9.53 Å². The Bertz CT molecular complexity index is 288. The van der Waals surface area contributed by atoms with Crippen LogP contribution in [0.15, 0.2) is 18.6 Å². The first-order valence-electron chi connectivity index (χ1n) is 3.55. The summed E-state index contributed by atoms with van der Waals surface area (Å²) in [6.07, 6.45) is 2.69. The van der Waals surface area contributed by atoms with Gasteiger partial charge in [-0.25, -0.2) is 14.8 Å². The standard InChI is InChI=1S/C7H7N3O2/c11-7-10-6(3-12-7)5-1-2-8-4-9-5/h1-2,4,6H,3H2,(H,10,11). The number of ether oxygens (including phenoxy) is 1. The summed E-state index contributed by atoms with van der Waals surface area (Å²) in [5.74, 6) is 0. The van der Waals surface area contributed by atoms with Crippen LogP contribution in [0.5, 0.6) is 0 Å². The van der Waals surface area contributed by atoms with E-state index in [2.05, 4.69) is 15.3 Å². The van der Waals surface area contributed by atoms with E-state index >= 15 is 0 Å². The monoisotopic (exact) mass is 165 g/mol. The number of hydrogen-bond donors (Lipinski definition) is 1. The van der Waals surface area contributed by atoms with E-state index in [0.717, 1.165) is 5.69 Å². The molecule has 1 atom stereocenters. The Kier molecular flexibility index (Phi) is 1.62. The molecule has 1 aromatic rings. The predicted octanol–water partition coefficient (Wildman–Crippen LogP) is 0.258. The average molecular weight is 165 g/mol. The van der Waals surface area contributed by atoms with Gasteiger partial charge < -0.3 is 10.1 Å². The maximum Gasteiger partial charge on any atom is 0.407 e. The van der Waals surface area contributed by atoms with Gasteiger partial charge in [0.15, 0.2) is 0 Å². The van der Waals surface area contributed by atoms with Gasteiger partial charge in [0.05, 0.1) is 5.69 Å². The van der Waals surface area contributed by atoms with E-state index in [1.165, 1.54) is 6.33 Å². The lowest BCUT2D eigenvalue weighted by Gasteiger charge is -2.03. The SMILES string of the molecule is O=C1NC(c2ccncn2)CO1. The average Bonchev–Trinajstić information content (AvgIpc) is 2.54. The molecule has 0 saturated carbocycles. The minimum atomic E-state index is -0.390. The van der Waals surface area contributed by atoms with Crippen LogP contribution in [0.1, 0.15) is 11.7 Å². The molecule has 1 amide bonds. The molecule has 5 nitrogen and oxygen atoms in total. The quantitative estimate of drug-likeness (QED) is 0.648. The molecule has 1 unspecified atom stereocenters. The summed E-state index contributed by atoms with van der Waals surface area (Å²) in [5, 5.41) is 2.62. The second-order valence-corrected chi connectivity index (χ2v) is 2.43. The number of nitrogens with one attached hydrogen (secondary N) is 1. The summed E-state index contributed by atoms with van der Waals surface area (Å²) in [5.41, 5.74) is 0.774. The van der Waals surface area contributed by atoms with Gasteiger partial charge in [-0.1, -0.05) is 0 Å². The highest BCUT2D eigenvalue weighted by atomic mass is 16.6. The van der Waals surface area contributed by atoms with Crippen LogP contribution in [0.2, 0.25) is 0 Å². The molecule has 1 fully saturated rings. The number of amides is 1. The van der Waals surface area contributed by atoms with Crippen molar-refractivity contribution in [2.24, 2.45) is 0 Å². The Hall–Kier alpha value is -1.65. The van der Waals surface area contributed by atoms with Gasteiger partial charge in [0.1, 0.15) is 19.0 Å². The fourth-order valence-electron chi connectivity index (χ4n) is 1.05. The number of nitrogens with zero attached hydrogens (tertiary/aromatic N) is 2. The second kappa shape index (κ2) is 2.77. The van der Waals surface area contributed by atoms with Gasteiger partial charge in [-0.05, 0) is 6.07 Å². The Morgan fingerprint density at radius 2 is 2.58 bits per heavy atom. The maximum atomic E-state index is 10.7. The first-order valence-corrected chi connectivity index (χ1v) is 3.55. The van der Waals surface area contributed by atoms with E-state index in [1.54, 1.807) is 12.3 Å². The zero-order chi connectivity index (χ0) is 8.39. The number of rotatable bonds is 1. The normalized spacial score (nSPS) is 21.7. The zero-order valence-electron chi connectivity index (χ0n) is 6.23. The zero-order valence-corrected chi connectivity index (χ0v) is 6.23. The Morgan fingerprint density at radius 3 is 3.17 bits per heavy atom. The number of carbonyl (C=O) groups excluding carboxylic acids is 1. The van der Waals surface area contributed by atoms with Crippen LogP contribution in [0, 0.1) is 0 Å². The number of hydrogen-bond acceptors (Lipinski definition) is 4. The highest BCUT2D eigenvalue weighted by Gasteiger charge is 2.24. The van der Waals surface area contributed by atoms with E-state index < -0.39 is 6.09 Å². The molecule has 0 spiro atoms. The highest BCUT2D eigenvalue weighted by Crippen LogP contribution is 2.13. The van der Waals surface area contributed by atoms with E-state index in [-0.39, 0.29) is 6.04 Å². The topological polar surface area (TPSA) is 64.1 Å².